The minimum absolute atomic E-state index is 0.254. The van der Waals surface area contributed by atoms with Gasteiger partial charge in [0.05, 0.1) is 19.9 Å². The summed E-state index contributed by atoms with van der Waals surface area (Å²) in [7, 11) is 2.91. The lowest BCUT2D eigenvalue weighted by molar-refractivity contribution is 0.0601. The van der Waals surface area contributed by atoms with Crippen molar-refractivity contribution in [3.05, 3.63) is 41.6 Å². The van der Waals surface area contributed by atoms with Crippen molar-refractivity contribution in [3.8, 4) is 17.0 Å². The highest BCUT2D eigenvalue weighted by Gasteiger charge is 2.15. The zero-order valence-corrected chi connectivity index (χ0v) is 11.6. The number of pyridine rings is 1. The van der Waals surface area contributed by atoms with Crippen molar-refractivity contribution in [1.29, 1.82) is 0 Å². The van der Waals surface area contributed by atoms with Crippen molar-refractivity contribution < 1.29 is 14.3 Å². The van der Waals surface area contributed by atoms with Gasteiger partial charge in [-0.2, -0.15) is 0 Å². The highest BCUT2D eigenvalue weighted by atomic mass is 16.5. The predicted octanol–water partition coefficient (Wildman–Crippen LogP) is 2.43. The SMILES string of the molecule is COC(=O)c1cnc(-c2c(C)cccc2OC)cc1N. The van der Waals surface area contributed by atoms with Gasteiger partial charge in [0.25, 0.3) is 0 Å². The normalized spacial score (nSPS) is 10.2. The molecular formula is C15H16N2O3. The third-order valence-electron chi connectivity index (χ3n) is 3.05. The molecule has 2 rings (SSSR count). The number of benzene rings is 1. The summed E-state index contributed by atoms with van der Waals surface area (Å²) in [6.07, 6.45) is 1.42. The molecule has 104 valence electrons. The molecule has 20 heavy (non-hydrogen) atoms. The Hall–Kier alpha value is -2.56. The number of aryl methyl sites for hydroxylation is 1. The fraction of sp³-hybridized carbons (Fsp3) is 0.200. The van der Waals surface area contributed by atoms with Crippen LogP contribution in [0.1, 0.15) is 15.9 Å². The number of methoxy groups -OCH3 is 2. The molecule has 5 heteroatoms. The molecule has 2 aromatic rings. The van der Waals surface area contributed by atoms with Crippen LogP contribution in [0.2, 0.25) is 0 Å². The van der Waals surface area contributed by atoms with Crippen LogP contribution in [0.4, 0.5) is 5.69 Å². The van der Waals surface area contributed by atoms with Gasteiger partial charge in [-0.3, -0.25) is 4.98 Å². The maximum atomic E-state index is 11.5. The van der Waals surface area contributed by atoms with E-state index in [0.29, 0.717) is 17.1 Å². The quantitative estimate of drug-likeness (QED) is 0.869. The largest absolute Gasteiger partial charge is 0.496 e. The second-order valence-corrected chi connectivity index (χ2v) is 4.30. The van der Waals surface area contributed by atoms with Crippen LogP contribution in [0.5, 0.6) is 5.75 Å². The predicted molar refractivity (Wildman–Crippen MR) is 76.7 cm³/mol. The average molecular weight is 272 g/mol. The molecule has 0 saturated heterocycles. The van der Waals surface area contributed by atoms with Gasteiger partial charge in [-0.15, -0.1) is 0 Å². The Morgan fingerprint density at radius 3 is 2.65 bits per heavy atom. The molecule has 1 heterocycles. The summed E-state index contributed by atoms with van der Waals surface area (Å²) in [5.74, 6) is 0.209. The van der Waals surface area contributed by atoms with Gasteiger partial charge < -0.3 is 15.2 Å². The van der Waals surface area contributed by atoms with E-state index in [-0.39, 0.29) is 5.56 Å². The topological polar surface area (TPSA) is 74.4 Å². The van der Waals surface area contributed by atoms with E-state index >= 15 is 0 Å². The molecule has 0 aliphatic rings. The number of carbonyl (C=O) groups is 1. The number of esters is 1. The van der Waals surface area contributed by atoms with Crippen LogP contribution >= 0.6 is 0 Å². The number of rotatable bonds is 3. The van der Waals surface area contributed by atoms with Gasteiger partial charge in [-0.1, -0.05) is 12.1 Å². The van der Waals surface area contributed by atoms with Crippen LogP contribution in [0.25, 0.3) is 11.3 Å². The van der Waals surface area contributed by atoms with Crippen molar-refractivity contribution >= 4 is 11.7 Å². The van der Waals surface area contributed by atoms with Gasteiger partial charge in [0, 0.05) is 17.4 Å². The van der Waals surface area contributed by atoms with E-state index in [1.807, 2.05) is 25.1 Å². The molecule has 0 unspecified atom stereocenters. The highest BCUT2D eigenvalue weighted by molar-refractivity contribution is 5.95. The summed E-state index contributed by atoms with van der Waals surface area (Å²) in [5, 5.41) is 0. The van der Waals surface area contributed by atoms with Crippen molar-refractivity contribution in [2.45, 2.75) is 6.92 Å². The lowest BCUT2D eigenvalue weighted by atomic mass is 10.0. The van der Waals surface area contributed by atoms with E-state index in [9.17, 15) is 4.79 Å². The summed E-state index contributed by atoms with van der Waals surface area (Å²) < 4.78 is 9.99. The van der Waals surface area contributed by atoms with Crippen LogP contribution in [-0.2, 0) is 4.74 Å². The van der Waals surface area contributed by atoms with Crippen molar-refractivity contribution in [1.82, 2.24) is 4.98 Å². The standard InChI is InChI=1S/C15H16N2O3/c1-9-5-4-6-13(19-2)14(9)12-7-11(16)10(8-17-12)15(18)20-3/h4-8H,1-3H3,(H2,16,17). The monoisotopic (exact) mass is 272 g/mol. The van der Waals surface area contributed by atoms with Gasteiger partial charge in [-0.05, 0) is 24.6 Å². The van der Waals surface area contributed by atoms with Crippen LogP contribution in [0, 0.1) is 6.92 Å². The van der Waals surface area contributed by atoms with Crippen molar-refractivity contribution in [3.63, 3.8) is 0 Å². The van der Waals surface area contributed by atoms with Gasteiger partial charge in [0.2, 0.25) is 0 Å². The molecule has 0 aliphatic carbocycles. The first-order chi connectivity index (χ1) is 9.58. The Labute approximate surface area is 117 Å². The summed E-state index contributed by atoms with van der Waals surface area (Å²) >= 11 is 0. The third kappa shape index (κ3) is 2.42. The number of ether oxygens (including phenoxy) is 2. The fourth-order valence-electron chi connectivity index (χ4n) is 2.03. The van der Waals surface area contributed by atoms with Gasteiger partial charge >= 0.3 is 5.97 Å². The Balaban J connectivity index is 2.55. The molecule has 5 nitrogen and oxygen atoms in total. The first-order valence-electron chi connectivity index (χ1n) is 6.06. The van der Waals surface area contributed by atoms with E-state index in [4.69, 9.17) is 10.5 Å². The zero-order valence-electron chi connectivity index (χ0n) is 11.6. The first kappa shape index (κ1) is 13.9. The minimum atomic E-state index is -0.502. The van der Waals surface area contributed by atoms with E-state index in [1.165, 1.54) is 13.3 Å². The third-order valence-corrected chi connectivity index (χ3v) is 3.05. The Morgan fingerprint density at radius 2 is 2.05 bits per heavy atom. The molecule has 1 aromatic heterocycles. The van der Waals surface area contributed by atoms with Gasteiger partial charge in [0.1, 0.15) is 11.3 Å². The number of nitrogen functional groups attached to an aromatic ring is 1. The second kappa shape index (κ2) is 5.61. The number of aromatic nitrogens is 1. The summed E-state index contributed by atoms with van der Waals surface area (Å²) in [6.45, 7) is 1.96. The first-order valence-corrected chi connectivity index (χ1v) is 6.06. The van der Waals surface area contributed by atoms with E-state index in [0.717, 1.165) is 11.1 Å². The lowest BCUT2D eigenvalue weighted by Gasteiger charge is -2.12. The van der Waals surface area contributed by atoms with Crippen LogP contribution < -0.4 is 10.5 Å². The van der Waals surface area contributed by atoms with Crippen LogP contribution in [0.3, 0.4) is 0 Å². The lowest BCUT2D eigenvalue weighted by Crippen LogP contribution is -2.07. The number of carbonyl (C=O) groups excluding carboxylic acids is 1. The van der Waals surface area contributed by atoms with E-state index in [2.05, 4.69) is 9.72 Å². The molecule has 0 bridgehead atoms. The molecule has 0 aliphatic heterocycles. The Morgan fingerprint density at radius 1 is 1.30 bits per heavy atom. The summed E-state index contributed by atoms with van der Waals surface area (Å²) in [6, 6.07) is 7.37. The van der Waals surface area contributed by atoms with Gasteiger partial charge in [0.15, 0.2) is 0 Å². The second-order valence-electron chi connectivity index (χ2n) is 4.30. The Bertz CT molecular complexity index is 654. The average Bonchev–Trinajstić information content (AvgIpc) is 2.46. The maximum Gasteiger partial charge on any atom is 0.341 e. The molecular weight excluding hydrogens is 256 g/mol. The molecule has 2 N–H and O–H groups in total. The molecule has 0 radical (unpaired) electrons. The van der Waals surface area contributed by atoms with Crippen LogP contribution in [-0.4, -0.2) is 25.2 Å². The Kier molecular flexibility index (Phi) is 3.89. The number of nitrogens with two attached hydrogens (primary N) is 1. The smallest absolute Gasteiger partial charge is 0.341 e. The molecule has 0 fully saturated rings. The zero-order chi connectivity index (χ0) is 14.7. The highest BCUT2D eigenvalue weighted by Crippen LogP contribution is 2.33. The maximum absolute atomic E-state index is 11.5. The number of hydrogen-bond acceptors (Lipinski definition) is 5. The molecule has 1 aromatic carbocycles. The summed E-state index contributed by atoms with van der Waals surface area (Å²) in [4.78, 5) is 15.8. The fourth-order valence-corrected chi connectivity index (χ4v) is 2.03. The summed E-state index contributed by atoms with van der Waals surface area (Å²) in [5.41, 5.74) is 9.01. The molecule has 0 amide bonds. The molecule has 0 spiro atoms. The van der Waals surface area contributed by atoms with Gasteiger partial charge in [-0.25, -0.2) is 4.79 Å². The van der Waals surface area contributed by atoms with E-state index < -0.39 is 5.97 Å². The molecule has 0 atom stereocenters. The van der Waals surface area contributed by atoms with E-state index in [1.54, 1.807) is 13.2 Å². The minimum Gasteiger partial charge on any atom is -0.496 e. The number of nitrogens with zero attached hydrogens (tertiary/aromatic N) is 1. The van der Waals surface area contributed by atoms with Crippen molar-refractivity contribution in [2.24, 2.45) is 0 Å². The van der Waals surface area contributed by atoms with Crippen LogP contribution in [0.15, 0.2) is 30.5 Å². The number of anilines is 1. The molecule has 0 saturated carbocycles. The number of hydrogen-bond donors (Lipinski definition) is 1. The van der Waals surface area contributed by atoms with Crippen molar-refractivity contribution in [2.75, 3.05) is 20.0 Å².